The minimum atomic E-state index is 0.334. The summed E-state index contributed by atoms with van der Waals surface area (Å²) in [6.45, 7) is 5.47. The van der Waals surface area contributed by atoms with E-state index < -0.39 is 0 Å². The third-order valence-corrected chi connectivity index (χ3v) is 3.63. The van der Waals surface area contributed by atoms with Gasteiger partial charge in [-0.1, -0.05) is 19.1 Å². The highest BCUT2D eigenvalue weighted by Gasteiger charge is 2.22. The van der Waals surface area contributed by atoms with Gasteiger partial charge in [0.25, 0.3) is 0 Å². The van der Waals surface area contributed by atoms with Crippen LogP contribution in [0, 0.1) is 5.92 Å². The SMILES string of the molecule is CC(CN1CCCC(N(C)C)C1)C(N)=S. The van der Waals surface area contributed by atoms with Crippen molar-refractivity contribution >= 4 is 17.2 Å². The molecular formula is C11H23N3S. The third-order valence-electron chi connectivity index (χ3n) is 3.23. The summed E-state index contributed by atoms with van der Waals surface area (Å²) in [4.78, 5) is 5.44. The van der Waals surface area contributed by atoms with Crippen molar-refractivity contribution in [2.75, 3.05) is 33.7 Å². The summed E-state index contributed by atoms with van der Waals surface area (Å²) >= 11 is 5.01. The maximum absolute atomic E-state index is 5.64. The van der Waals surface area contributed by atoms with Crippen LogP contribution < -0.4 is 5.73 Å². The Labute approximate surface area is 98.6 Å². The number of hydrogen-bond acceptors (Lipinski definition) is 3. The Bertz CT molecular complexity index is 218. The van der Waals surface area contributed by atoms with Gasteiger partial charge >= 0.3 is 0 Å². The van der Waals surface area contributed by atoms with Crippen molar-refractivity contribution in [2.45, 2.75) is 25.8 Å². The second-order valence-electron chi connectivity index (χ2n) is 4.82. The van der Waals surface area contributed by atoms with Gasteiger partial charge in [-0.25, -0.2) is 0 Å². The van der Waals surface area contributed by atoms with E-state index in [0.29, 0.717) is 16.9 Å². The second-order valence-corrected chi connectivity index (χ2v) is 5.29. The summed E-state index contributed by atoms with van der Waals surface area (Å²) < 4.78 is 0. The molecule has 3 nitrogen and oxygen atoms in total. The number of likely N-dealkylation sites (tertiary alicyclic amines) is 1. The van der Waals surface area contributed by atoms with Crippen LogP contribution in [0.15, 0.2) is 0 Å². The van der Waals surface area contributed by atoms with E-state index in [4.69, 9.17) is 18.0 Å². The van der Waals surface area contributed by atoms with Gasteiger partial charge in [-0.15, -0.1) is 0 Å². The summed E-state index contributed by atoms with van der Waals surface area (Å²) in [5.41, 5.74) is 5.64. The number of hydrogen-bond donors (Lipinski definition) is 1. The molecule has 0 aromatic carbocycles. The van der Waals surface area contributed by atoms with E-state index in [2.05, 4.69) is 30.8 Å². The molecule has 15 heavy (non-hydrogen) atoms. The lowest BCUT2D eigenvalue weighted by Gasteiger charge is -2.37. The smallest absolute Gasteiger partial charge is 0.0768 e. The zero-order chi connectivity index (χ0) is 11.4. The quantitative estimate of drug-likeness (QED) is 0.727. The first-order valence-electron chi connectivity index (χ1n) is 5.68. The van der Waals surface area contributed by atoms with E-state index in [1.54, 1.807) is 0 Å². The molecule has 0 aliphatic carbocycles. The van der Waals surface area contributed by atoms with Crippen LogP contribution in [-0.4, -0.2) is 54.6 Å². The Balaban J connectivity index is 2.39. The first-order valence-corrected chi connectivity index (χ1v) is 6.09. The topological polar surface area (TPSA) is 32.5 Å². The van der Waals surface area contributed by atoms with Crippen molar-refractivity contribution in [2.24, 2.45) is 11.7 Å². The fourth-order valence-electron chi connectivity index (χ4n) is 2.10. The van der Waals surface area contributed by atoms with Crippen LogP contribution in [0.1, 0.15) is 19.8 Å². The Morgan fingerprint density at radius 1 is 1.60 bits per heavy atom. The predicted octanol–water partition coefficient (Wildman–Crippen LogP) is 0.935. The van der Waals surface area contributed by atoms with Crippen molar-refractivity contribution in [1.29, 1.82) is 0 Å². The first-order chi connectivity index (χ1) is 7.00. The lowest BCUT2D eigenvalue weighted by Crippen LogP contribution is -2.47. The Morgan fingerprint density at radius 2 is 2.27 bits per heavy atom. The van der Waals surface area contributed by atoms with Crippen LogP contribution in [0.5, 0.6) is 0 Å². The normalized spacial score (nSPS) is 25.5. The number of piperidine rings is 1. The van der Waals surface area contributed by atoms with Gasteiger partial charge in [-0.3, -0.25) is 0 Å². The minimum absolute atomic E-state index is 0.334. The van der Waals surface area contributed by atoms with Crippen molar-refractivity contribution in [3.05, 3.63) is 0 Å². The Kier molecular flexibility index (Phi) is 4.96. The van der Waals surface area contributed by atoms with Crippen LogP contribution in [0.3, 0.4) is 0 Å². The zero-order valence-corrected chi connectivity index (χ0v) is 10.9. The van der Waals surface area contributed by atoms with Gasteiger partial charge in [0.2, 0.25) is 0 Å². The molecular weight excluding hydrogens is 206 g/mol. The number of nitrogens with two attached hydrogens (primary N) is 1. The van der Waals surface area contributed by atoms with Gasteiger partial charge in [0.1, 0.15) is 0 Å². The molecule has 1 fully saturated rings. The highest BCUT2D eigenvalue weighted by Crippen LogP contribution is 2.15. The molecule has 0 radical (unpaired) electrons. The average Bonchev–Trinajstić information content (AvgIpc) is 2.18. The summed E-state index contributed by atoms with van der Waals surface area (Å²) in [7, 11) is 4.32. The van der Waals surface area contributed by atoms with E-state index >= 15 is 0 Å². The molecule has 0 aromatic heterocycles. The molecule has 1 aliphatic heterocycles. The summed E-state index contributed by atoms with van der Waals surface area (Å²) in [5.74, 6) is 0.334. The molecule has 1 rings (SSSR count). The van der Waals surface area contributed by atoms with E-state index in [9.17, 15) is 0 Å². The summed E-state index contributed by atoms with van der Waals surface area (Å²) in [6.07, 6.45) is 2.60. The largest absolute Gasteiger partial charge is 0.393 e. The molecule has 0 aromatic rings. The molecule has 4 heteroatoms. The van der Waals surface area contributed by atoms with Crippen LogP contribution >= 0.6 is 12.2 Å². The van der Waals surface area contributed by atoms with E-state index in [1.807, 2.05) is 0 Å². The van der Waals surface area contributed by atoms with Crippen LogP contribution in [0.4, 0.5) is 0 Å². The number of nitrogens with zero attached hydrogens (tertiary/aromatic N) is 2. The molecule has 88 valence electrons. The van der Waals surface area contributed by atoms with Crippen molar-refractivity contribution in [3.63, 3.8) is 0 Å². The molecule has 0 spiro atoms. The molecule has 2 atom stereocenters. The average molecular weight is 229 g/mol. The van der Waals surface area contributed by atoms with Crippen LogP contribution in [0.2, 0.25) is 0 Å². The Hall–Kier alpha value is -0.190. The van der Waals surface area contributed by atoms with Gasteiger partial charge in [-0.2, -0.15) is 0 Å². The van der Waals surface area contributed by atoms with Crippen molar-refractivity contribution in [3.8, 4) is 0 Å². The van der Waals surface area contributed by atoms with E-state index in [0.717, 1.165) is 13.1 Å². The first kappa shape index (κ1) is 12.9. The highest BCUT2D eigenvalue weighted by molar-refractivity contribution is 7.80. The highest BCUT2D eigenvalue weighted by atomic mass is 32.1. The number of rotatable bonds is 4. The monoisotopic (exact) mass is 229 g/mol. The summed E-state index contributed by atoms with van der Waals surface area (Å²) in [5, 5.41) is 0. The van der Waals surface area contributed by atoms with Gasteiger partial charge in [0, 0.05) is 25.0 Å². The molecule has 0 saturated carbocycles. The van der Waals surface area contributed by atoms with Gasteiger partial charge in [-0.05, 0) is 33.5 Å². The third kappa shape index (κ3) is 4.05. The maximum atomic E-state index is 5.64. The second kappa shape index (κ2) is 5.77. The lowest BCUT2D eigenvalue weighted by atomic mass is 10.0. The van der Waals surface area contributed by atoms with Crippen LogP contribution in [-0.2, 0) is 0 Å². The minimum Gasteiger partial charge on any atom is -0.393 e. The molecule has 0 amide bonds. The molecule has 0 bridgehead atoms. The number of thiocarbonyl (C=S) groups is 1. The standard InChI is InChI=1S/C11H23N3S/c1-9(11(12)15)7-14-6-4-5-10(8-14)13(2)3/h9-10H,4-8H2,1-3H3,(H2,12,15). The van der Waals surface area contributed by atoms with Gasteiger partial charge in [0.15, 0.2) is 0 Å². The van der Waals surface area contributed by atoms with Crippen LogP contribution in [0.25, 0.3) is 0 Å². The molecule has 2 N–H and O–H groups in total. The summed E-state index contributed by atoms with van der Waals surface area (Å²) in [6, 6.07) is 0.692. The molecule has 1 heterocycles. The van der Waals surface area contributed by atoms with Crippen molar-refractivity contribution < 1.29 is 0 Å². The van der Waals surface area contributed by atoms with Gasteiger partial charge < -0.3 is 15.5 Å². The predicted molar refractivity (Wildman–Crippen MR) is 69.1 cm³/mol. The molecule has 2 unspecified atom stereocenters. The maximum Gasteiger partial charge on any atom is 0.0768 e. The molecule has 1 saturated heterocycles. The fourth-order valence-corrected chi connectivity index (χ4v) is 2.17. The van der Waals surface area contributed by atoms with Crippen molar-refractivity contribution in [1.82, 2.24) is 9.80 Å². The fraction of sp³-hybridized carbons (Fsp3) is 0.909. The van der Waals surface area contributed by atoms with Gasteiger partial charge in [0.05, 0.1) is 4.99 Å². The Morgan fingerprint density at radius 3 is 2.80 bits per heavy atom. The van der Waals surface area contributed by atoms with E-state index in [-0.39, 0.29) is 0 Å². The zero-order valence-electron chi connectivity index (χ0n) is 10.1. The number of likely N-dealkylation sites (N-methyl/N-ethyl adjacent to an activating group) is 1. The molecule has 1 aliphatic rings. The van der Waals surface area contributed by atoms with E-state index in [1.165, 1.54) is 19.4 Å². The lowest BCUT2D eigenvalue weighted by molar-refractivity contribution is 0.128.